The Hall–Kier alpha value is -0.780. The van der Waals surface area contributed by atoms with Gasteiger partial charge in [0, 0.05) is 0 Å². The molecule has 0 spiro atoms. The van der Waals surface area contributed by atoms with E-state index in [9.17, 15) is 0 Å². The SMILES string of the molecule is [CH2]C=CC=C(C)CCC=C(C)C. The Morgan fingerprint density at radius 3 is 2.42 bits per heavy atom. The van der Waals surface area contributed by atoms with Crippen LogP contribution in [0.5, 0.6) is 0 Å². The molecule has 0 aromatic rings. The van der Waals surface area contributed by atoms with Gasteiger partial charge in [0.1, 0.15) is 0 Å². The van der Waals surface area contributed by atoms with E-state index in [1.807, 2.05) is 12.2 Å². The zero-order valence-corrected chi connectivity index (χ0v) is 8.43. The van der Waals surface area contributed by atoms with Gasteiger partial charge in [-0.05, 0) is 40.5 Å². The molecule has 0 aromatic heterocycles. The summed E-state index contributed by atoms with van der Waals surface area (Å²) in [7, 11) is 0. The summed E-state index contributed by atoms with van der Waals surface area (Å²) in [5, 5.41) is 0. The van der Waals surface area contributed by atoms with Gasteiger partial charge < -0.3 is 0 Å². The second-order valence-corrected chi connectivity index (χ2v) is 3.26. The average molecular weight is 163 g/mol. The minimum absolute atomic E-state index is 1.15. The monoisotopic (exact) mass is 163 g/mol. The molecular formula is C12H19. The average Bonchev–Trinajstić information content (AvgIpc) is 2.00. The first-order valence-corrected chi connectivity index (χ1v) is 4.41. The maximum Gasteiger partial charge on any atom is -0.0285 e. The first-order valence-electron chi connectivity index (χ1n) is 4.41. The Bertz CT molecular complexity index is 188. The molecular weight excluding hydrogens is 144 g/mol. The van der Waals surface area contributed by atoms with E-state index in [1.165, 1.54) is 11.1 Å². The van der Waals surface area contributed by atoms with E-state index in [-0.39, 0.29) is 0 Å². The highest BCUT2D eigenvalue weighted by atomic mass is 13.9. The van der Waals surface area contributed by atoms with Gasteiger partial charge in [-0.1, -0.05) is 35.5 Å². The molecule has 0 heterocycles. The molecule has 0 aliphatic heterocycles. The first-order chi connectivity index (χ1) is 5.66. The third kappa shape index (κ3) is 7.33. The molecule has 0 saturated carbocycles. The Morgan fingerprint density at radius 1 is 1.25 bits per heavy atom. The van der Waals surface area contributed by atoms with Gasteiger partial charge in [0.25, 0.3) is 0 Å². The van der Waals surface area contributed by atoms with Crippen LogP contribution in [-0.2, 0) is 0 Å². The smallest absolute Gasteiger partial charge is 0.0285 e. The van der Waals surface area contributed by atoms with Crippen molar-refractivity contribution in [2.75, 3.05) is 0 Å². The fraction of sp³-hybridized carbons (Fsp3) is 0.417. The quantitative estimate of drug-likeness (QED) is 0.433. The first kappa shape index (κ1) is 11.2. The summed E-state index contributed by atoms with van der Waals surface area (Å²) in [6, 6.07) is 0. The van der Waals surface area contributed by atoms with Crippen molar-refractivity contribution in [3.63, 3.8) is 0 Å². The molecule has 0 fully saturated rings. The minimum atomic E-state index is 1.15. The van der Waals surface area contributed by atoms with Gasteiger partial charge in [0.15, 0.2) is 0 Å². The lowest BCUT2D eigenvalue weighted by atomic mass is 10.1. The van der Waals surface area contributed by atoms with Gasteiger partial charge in [0.05, 0.1) is 0 Å². The molecule has 0 aliphatic carbocycles. The van der Waals surface area contributed by atoms with Gasteiger partial charge in [-0.15, -0.1) is 0 Å². The number of rotatable bonds is 4. The number of hydrogen-bond donors (Lipinski definition) is 0. The Kier molecular flexibility index (Phi) is 6.45. The molecule has 67 valence electrons. The largest absolute Gasteiger partial charge is 0.0856 e. The molecule has 0 heteroatoms. The Morgan fingerprint density at radius 2 is 1.92 bits per heavy atom. The lowest BCUT2D eigenvalue weighted by Gasteiger charge is -1.95. The van der Waals surface area contributed by atoms with Crippen LogP contribution < -0.4 is 0 Å². The predicted molar refractivity (Wildman–Crippen MR) is 56.9 cm³/mol. The van der Waals surface area contributed by atoms with Crippen LogP contribution in [0.1, 0.15) is 33.6 Å². The van der Waals surface area contributed by atoms with Crippen LogP contribution in [0.15, 0.2) is 35.5 Å². The molecule has 0 atom stereocenters. The van der Waals surface area contributed by atoms with E-state index >= 15 is 0 Å². The maximum atomic E-state index is 3.63. The van der Waals surface area contributed by atoms with Crippen LogP contribution in [0, 0.1) is 6.92 Å². The molecule has 0 aromatic carbocycles. The standard InChI is InChI=1S/C12H19/c1-5-6-9-12(4)10-7-8-11(2)3/h5-6,8-9H,1,7,10H2,2-4H3. The summed E-state index contributed by atoms with van der Waals surface area (Å²) in [5.41, 5.74) is 2.81. The van der Waals surface area contributed by atoms with Crippen LogP contribution in [0.2, 0.25) is 0 Å². The third-order valence-electron chi connectivity index (χ3n) is 1.61. The van der Waals surface area contributed by atoms with Crippen LogP contribution in [0.4, 0.5) is 0 Å². The molecule has 0 amide bonds. The predicted octanol–water partition coefficient (Wildman–Crippen LogP) is 4.07. The van der Waals surface area contributed by atoms with Gasteiger partial charge in [-0.25, -0.2) is 0 Å². The molecule has 0 unspecified atom stereocenters. The number of allylic oxidation sites excluding steroid dienone is 6. The topological polar surface area (TPSA) is 0 Å². The van der Waals surface area contributed by atoms with Crippen LogP contribution >= 0.6 is 0 Å². The van der Waals surface area contributed by atoms with Crippen molar-refractivity contribution in [1.82, 2.24) is 0 Å². The second kappa shape index (κ2) is 6.90. The highest BCUT2D eigenvalue weighted by Crippen LogP contribution is 2.06. The highest BCUT2D eigenvalue weighted by molar-refractivity contribution is 5.11. The van der Waals surface area contributed by atoms with Gasteiger partial charge >= 0.3 is 0 Å². The molecule has 0 saturated heterocycles. The second-order valence-electron chi connectivity index (χ2n) is 3.26. The molecule has 0 aliphatic rings. The summed E-state index contributed by atoms with van der Waals surface area (Å²) in [5.74, 6) is 0. The van der Waals surface area contributed by atoms with E-state index in [0.29, 0.717) is 0 Å². The van der Waals surface area contributed by atoms with Crippen LogP contribution in [0.3, 0.4) is 0 Å². The summed E-state index contributed by atoms with van der Waals surface area (Å²) in [6.45, 7) is 10.0. The maximum absolute atomic E-state index is 3.63. The molecule has 0 N–H and O–H groups in total. The summed E-state index contributed by atoms with van der Waals surface area (Å²) in [4.78, 5) is 0. The highest BCUT2D eigenvalue weighted by Gasteiger charge is 1.85. The zero-order chi connectivity index (χ0) is 9.40. The number of hydrogen-bond acceptors (Lipinski definition) is 0. The van der Waals surface area contributed by atoms with Crippen LogP contribution in [-0.4, -0.2) is 0 Å². The van der Waals surface area contributed by atoms with Crippen molar-refractivity contribution in [1.29, 1.82) is 0 Å². The summed E-state index contributed by atoms with van der Waals surface area (Å²) in [6.07, 6.45) is 10.5. The third-order valence-corrected chi connectivity index (χ3v) is 1.61. The van der Waals surface area contributed by atoms with Crippen molar-refractivity contribution in [3.05, 3.63) is 42.4 Å². The van der Waals surface area contributed by atoms with Gasteiger partial charge in [-0.3, -0.25) is 0 Å². The van der Waals surface area contributed by atoms with Crippen molar-refractivity contribution in [2.24, 2.45) is 0 Å². The van der Waals surface area contributed by atoms with E-state index in [2.05, 4.69) is 39.8 Å². The fourth-order valence-electron chi connectivity index (χ4n) is 0.904. The molecule has 12 heavy (non-hydrogen) atoms. The van der Waals surface area contributed by atoms with Crippen molar-refractivity contribution >= 4 is 0 Å². The molecule has 0 bridgehead atoms. The van der Waals surface area contributed by atoms with Gasteiger partial charge in [0.2, 0.25) is 0 Å². The Labute approximate surface area is 76.7 Å². The van der Waals surface area contributed by atoms with E-state index in [0.717, 1.165) is 12.8 Å². The lowest BCUT2D eigenvalue weighted by molar-refractivity contribution is 0.967. The molecule has 1 radical (unpaired) electrons. The fourth-order valence-corrected chi connectivity index (χ4v) is 0.904. The van der Waals surface area contributed by atoms with Crippen molar-refractivity contribution in [2.45, 2.75) is 33.6 Å². The van der Waals surface area contributed by atoms with Crippen molar-refractivity contribution < 1.29 is 0 Å². The van der Waals surface area contributed by atoms with Crippen molar-refractivity contribution in [3.8, 4) is 0 Å². The van der Waals surface area contributed by atoms with Gasteiger partial charge in [-0.2, -0.15) is 0 Å². The summed E-state index contributed by atoms with van der Waals surface area (Å²) < 4.78 is 0. The van der Waals surface area contributed by atoms with E-state index in [4.69, 9.17) is 0 Å². The summed E-state index contributed by atoms with van der Waals surface area (Å²) >= 11 is 0. The molecule has 0 rings (SSSR count). The zero-order valence-electron chi connectivity index (χ0n) is 8.43. The van der Waals surface area contributed by atoms with E-state index < -0.39 is 0 Å². The normalized spacial score (nSPS) is 12.2. The lowest BCUT2D eigenvalue weighted by Crippen LogP contribution is -1.75. The van der Waals surface area contributed by atoms with E-state index in [1.54, 1.807) is 0 Å². The molecule has 0 nitrogen and oxygen atoms in total. The van der Waals surface area contributed by atoms with Crippen LogP contribution in [0.25, 0.3) is 0 Å². The minimum Gasteiger partial charge on any atom is -0.0856 e. The Balaban J connectivity index is 3.71.